The number of guanidine groups is 1. The number of carbonyl (C=O) groups excluding carboxylic acids is 1. The molecule has 29 heavy (non-hydrogen) atoms. The Balaban J connectivity index is 0.00000420. The van der Waals surface area contributed by atoms with Crippen LogP contribution in [0.25, 0.3) is 0 Å². The Morgan fingerprint density at radius 1 is 1.24 bits per heavy atom. The maximum absolute atomic E-state index is 12.1. The number of hydrogen-bond acceptors (Lipinski definition) is 3. The lowest BCUT2D eigenvalue weighted by Gasteiger charge is -2.14. The van der Waals surface area contributed by atoms with E-state index < -0.39 is 0 Å². The fourth-order valence-electron chi connectivity index (χ4n) is 2.86. The summed E-state index contributed by atoms with van der Waals surface area (Å²) in [6.45, 7) is 9.29. The first-order chi connectivity index (χ1) is 13.3. The van der Waals surface area contributed by atoms with E-state index in [1.807, 2.05) is 56.8 Å². The molecule has 7 nitrogen and oxygen atoms in total. The standard InChI is InChI=1S/C21H32N6O.HI/c1-7-14(2)20(28)25-18-10-8-9-17(11-18)12-23-21(22-5)24-13-19-15(3)26-27(6)16(19)4;/h8-11,14H,7,12-13H2,1-6H3,(H,25,28)(H2,22,23,24);1H. The van der Waals surface area contributed by atoms with Crippen molar-refractivity contribution < 1.29 is 4.79 Å². The summed E-state index contributed by atoms with van der Waals surface area (Å²) in [7, 11) is 3.70. The van der Waals surface area contributed by atoms with Gasteiger partial charge in [0.1, 0.15) is 0 Å². The number of hydrogen-bond donors (Lipinski definition) is 3. The van der Waals surface area contributed by atoms with Crippen molar-refractivity contribution in [3.63, 3.8) is 0 Å². The molecule has 1 unspecified atom stereocenters. The lowest BCUT2D eigenvalue weighted by molar-refractivity contribution is -0.119. The van der Waals surface area contributed by atoms with Crippen molar-refractivity contribution in [2.75, 3.05) is 12.4 Å². The minimum atomic E-state index is 0. The largest absolute Gasteiger partial charge is 0.352 e. The van der Waals surface area contributed by atoms with Crippen LogP contribution < -0.4 is 16.0 Å². The van der Waals surface area contributed by atoms with Gasteiger partial charge in [0.15, 0.2) is 5.96 Å². The van der Waals surface area contributed by atoms with Gasteiger partial charge in [-0.25, -0.2) is 0 Å². The molecule has 0 aliphatic heterocycles. The summed E-state index contributed by atoms with van der Waals surface area (Å²) in [6.07, 6.45) is 0.824. The van der Waals surface area contributed by atoms with Crippen LogP contribution in [-0.4, -0.2) is 28.7 Å². The normalized spacial score (nSPS) is 12.1. The van der Waals surface area contributed by atoms with Crippen LogP contribution in [0.5, 0.6) is 0 Å². The number of anilines is 1. The molecule has 3 N–H and O–H groups in total. The molecule has 0 saturated carbocycles. The second-order valence-electron chi connectivity index (χ2n) is 7.05. The third-order valence-electron chi connectivity index (χ3n) is 5.03. The summed E-state index contributed by atoms with van der Waals surface area (Å²) in [5.41, 5.74) is 5.23. The molecule has 1 aromatic carbocycles. The average molecular weight is 512 g/mol. The topological polar surface area (TPSA) is 83.3 Å². The van der Waals surface area contributed by atoms with Crippen molar-refractivity contribution in [2.24, 2.45) is 18.0 Å². The van der Waals surface area contributed by atoms with Crippen molar-refractivity contribution in [1.82, 2.24) is 20.4 Å². The second-order valence-corrected chi connectivity index (χ2v) is 7.05. The molecule has 0 saturated heterocycles. The van der Waals surface area contributed by atoms with Crippen molar-refractivity contribution in [2.45, 2.75) is 47.2 Å². The first-order valence-corrected chi connectivity index (χ1v) is 9.69. The van der Waals surface area contributed by atoms with E-state index in [1.54, 1.807) is 7.05 Å². The van der Waals surface area contributed by atoms with Crippen molar-refractivity contribution in [1.29, 1.82) is 0 Å². The third-order valence-corrected chi connectivity index (χ3v) is 5.03. The number of carbonyl (C=O) groups is 1. The Kier molecular flexibility index (Phi) is 10.1. The number of nitrogens with one attached hydrogen (secondary N) is 3. The Bertz CT molecular complexity index is 846. The molecular weight excluding hydrogens is 479 g/mol. The molecule has 0 spiro atoms. The molecule has 1 heterocycles. The summed E-state index contributed by atoms with van der Waals surface area (Å²) < 4.78 is 1.89. The van der Waals surface area contributed by atoms with Gasteiger partial charge in [0, 0.05) is 50.0 Å². The molecule has 2 rings (SSSR count). The van der Waals surface area contributed by atoms with Crippen LogP contribution >= 0.6 is 24.0 Å². The van der Waals surface area contributed by atoms with Crippen LogP contribution in [0.2, 0.25) is 0 Å². The smallest absolute Gasteiger partial charge is 0.227 e. The van der Waals surface area contributed by atoms with Gasteiger partial charge < -0.3 is 16.0 Å². The van der Waals surface area contributed by atoms with Gasteiger partial charge in [-0.1, -0.05) is 26.0 Å². The van der Waals surface area contributed by atoms with E-state index in [-0.39, 0.29) is 35.8 Å². The van der Waals surface area contributed by atoms with Gasteiger partial charge in [-0.05, 0) is 38.0 Å². The number of aryl methyl sites for hydroxylation is 2. The number of nitrogens with zero attached hydrogens (tertiary/aromatic N) is 3. The molecular formula is C21H33IN6O. The van der Waals surface area contributed by atoms with E-state index in [2.05, 4.69) is 33.0 Å². The molecule has 0 aliphatic carbocycles. The second kappa shape index (κ2) is 11.8. The molecule has 160 valence electrons. The highest BCUT2D eigenvalue weighted by atomic mass is 127. The lowest BCUT2D eigenvalue weighted by atomic mass is 10.1. The van der Waals surface area contributed by atoms with Gasteiger partial charge >= 0.3 is 0 Å². The number of benzene rings is 1. The van der Waals surface area contributed by atoms with E-state index in [4.69, 9.17) is 0 Å². The van der Waals surface area contributed by atoms with Gasteiger partial charge in [0.25, 0.3) is 0 Å². The van der Waals surface area contributed by atoms with Crippen molar-refractivity contribution in [3.05, 3.63) is 46.8 Å². The van der Waals surface area contributed by atoms with Crippen LogP contribution in [0, 0.1) is 19.8 Å². The fraction of sp³-hybridized carbons (Fsp3) is 0.476. The Labute approximate surface area is 190 Å². The van der Waals surface area contributed by atoms with Crippen LogP contribution in [0.3, 0.4) is 0 Å². The molecule has 8 heteroatoms. The Morgan fingerprint density at radius 3 is 2.52 bits per heavy atom. The van der Waals surface area contributed by atoms with Crippen LogP contribution in [0.1, 0.15) is 42.8 Å². The quantitative estimate of drug-likeness (QED) is 0.301. The van der Waals surface area contributed by atoms with Crippen LogP contribution in [-0.2, 0) is 24.9 Å². The summed E-state index contributed by atoms with van der Waals surface area (Å²) >= 11 is 0. The fourth-order valence-corrected chi connectivity index (χ4v) is 2.86. The van der Waals surface area contributed by atoms with E-state index in [9.17, 15) is 4.79 Å². The van der Waals surface area contributed by atoms with Gasteiger partial charge in [-0.3, -0.25) is 14.5 Å². The first-order valence-electron chi connectivity index (χ1n) is 9.69. The first kappa shape index (κ1) is 24.9. The zero-order valence-corrected chi connectivity index (χ0v) is 20.5. The van der Waals surface area contributed by atoms with Gasteiger partial charge in [0.05, 0.1) is 5.69 Å². The number of aromatic nitrogens is 2. The van der Waals surface area contributed by atoms with E-state index in [0.29, 0.717) is 13.1 Å². The van der Waals surface area contributed by atoms with Gasteiger partial charge in [-0.2, -0.15) is 5.10 Å². The number of rotatable bonds is 7. The number of amides is 1. The van der Waals surface area contributed by atoms with E-state index >= 15 is 0 Å². The zero-order chi connectivity index (χ0) is 20.7. The predicted octanol–water partition coefficient (Wildman–Crippen LogP) is 3.50. The number of halogens is 1. The highest BCUT2D eigenvalue weighted by Crippen LogP contribution is 2.13. The monoisotopic (exact) mass is 512 g/mol. The van der Waals surface area contributed by atoms with Crippen LogP contribution in [0.4, 0.5) is 5.69 Å². The lowest BCUT2D eigenvalue weighted by Crippen LogP contribution is -2.36. The molecule has 1 amide bonds. The molecule has 2 aromatic rings. The molecule has 0 aliphatic rings. The highest BCUT2D eigenvalue weighted by Gasteiger charge is 2.11. The summed E-state index contributed by atoms with van der Waals surface area (Å²) in [5, 5.41) is 14.1. The SMILES string of the molecule is CCC(C)C(=O)Nc1cccc(CNC(=NC)NCc2c(C)nn(C)c2C)c1.I. The van der Waals surface area contributed by atoms with E-state index in [0.717, 1.165) is 35.0 Å². The highest BCUT2D eigenvalue weighted by molar-refractivity contribution is 14.0. The summed E-state index contributed by atoms with van der Waals surface area (Å²) in [6, 6.07) is 7.86. The predicted molar refractivity (Wildman–Crippen MR) is 130 cm³/mol. The molecule has 0 radical (unpaired) electrons. The van der Waals surface area contributed by atoms with Crippen LogP contribution in [0.15, 0.2) is 29.3 Å². The third kappa shape index (κ3) is 7.02. The maximum Gasteiger partial charge on any atom is 0.227 e. The van der Waals surface area contributed by atoms with Crippen molar-refractivity contribution in [3.8, 4) is 0 Å². The van der Waals surface area contributed by atoms with Gasteiger partial charge in [-0.15, -0.1) is 24.0 Å². The molecule has 1 aromatic heterocycles. The van der Waals surface area contributed by atoms with Crippen molar-refractivity contribution >= 4 is 41.5 Å². The minimum absolute atomic E-state index is 0. The summed E-state index contributed by atoms with van der Waals surface area (Å²) in [5.74, 6) is 0.771. The summed E-state index contributed by atoms with van der Waals surface area (Å²) in [4.78, 5) is 16.4. The number of aliphatic imine (C=N–C) groups is 1. The maximum atomic E-state index is 12.1. The zero-order valence-electron chi connectivity index (χ0n) is 18.2. The Hall–Kier alpha value is -2.10. The van der Waals surface area contributed by atoms with E-state index in [1.165, 1.54) is 5.56 Å². The van der Waals surface area contributed by atoms with Gasteiger partial charge in [0.2, 0.25) is 5.91 Å². The average Bonchev–Trinajstić information content (AvgIpc) is 2.93. The molecule has 0 fully saturated rings. The molecule has 1 atom stereocenters. The minimum Gasteiger partial charge on any atom is -0.352 e. The Morgan fingerprint density at radius 2 is 1.93 bits per heavy atom. The molecule has 0 bridgehead atoms.